The van der Waals surface area contributed by atoms with E-state index < -0.39 is 6.09 Å². The number of nitrogens with zero attached hydrogens (tertiary/aromatic N) is 4. The molecule has 0 radical (unpaired) electrons. The van der Waals surface area contributed by atoms with Gasteiger partial charge in [0.25, 0.3) is 0 Å². The number of aromatic nitrogens is 3. The van der Waals surface area contributed by atoms with Gasteiger partial charge < -0.3 is 20.7 Å². The molecule has 0 aromatic carbocycles. The van der Waals surface area contributed by atoms with Gasteiger partial charge >= 0.3 is 6.09 Å². The Balaban J connectivity index is 0.00000392. The molecular formula is C18H30IN7O2. The molecule has 1 amide bonds. The van der Waals surface area contributed by atoms with Crippen molar-refractivity contribution in [2.24, 2.45) is 10.9 Å². The van der Waals surface area contributed by atoms with Gasteiger partial charge in [-0.15, -0.1) is 34.2 Å². The molecule has 0 aliphatic rings. The summed E-state index contributed by atoms with van der Waals surface area (Å²) >= 11 is 0. The van der Waals surface area contributed by atoms with Gasteiger partial charge in [0.1, 0.15) is 0 Å². The molecule has 0 saturated carbocycles. The summed E-state index contributed by atoms with van der Waals surface area (Å²) in [5.41, 5.74) is 0.799. The number of carbonyl (C=O) groups excluding carboxylic acids is 1. The van der Waals surface area contributed by atoms with E-state index >= 15 is 0 Å². The zero-order valence-corrected chi connectivity index (χ0v) is 19.1. The molecule has 2 aromatic rings. The predicted molar refractivity (Wildman–Crippen MR) is 120 cm³/mol. The highest BCUT2D eigenvalue weighted by molar-refractivity contribution is 14.0. The van der Waals surface area contributed by atoms with Crippen molar-refractivity contribution in [2.75, 3.05) is 20.2 Å². The van der Waals surface area contributed by atoms with Crippen LogP contribution in [0.4, 0.5) is 4.79 Å². The lowest BCUT2D eigenvalue weighted by Crippen LogP contribution is -2.47. The molecular weight excluding hydrogens is 473 g/mol. The Bertz CT molecular complexity index is 763. The number of carbonyl (C=O) groups is 1. The Morgan fingerprint density at radius 2 is 2.07 bits per heavy atom. The van der Waals surface area contributed by atoms with Crippen molar-refractivity contribution >= 4 is 41.7 Å². The molecule has 156 valence electrons. The second-order valence-corrected chi connectivity index (χ2v) is 6.54. The minimum absolute atomic E-state index is 0. The number of nitrogens with one attached hydrogen (secondary N) is 3. The standard InChI is InChI=1S/C18H29N7O2.HI/c1-5-27-18(26)22-14(10-13(2)3)11-20-17(19-4)21-12-16-24-23-15-8-6-7-9-25(15)16;/h6-9,13-14H,5,10-12H2,1-4H3,(H,22,26)(H2,19,20,21);1H. The van der Waals surface area contributed by atoms with Crippen molar-refractivity contribution in [2.45, 2.75) is 39.8 Å². The van der Waals surface area contributed by atoms with Gasteiger partial charge in [0.2, 0.25) is 0 Å². The van der Waals surface area contributed by atoms with E-state index in [1.807, 2.05) is 28.8 Å². The van der Waals surface area contributed by atoms with Gasteiger partial charge in [-0.2, -0.15) is 0 Å². The fourth-order valence-corrected chi connectivity index (χ4v) is 2.72. The van der Waals surface area contributed by atoms with Crippen LogP contribution < -0.4 is 16.0 Å². The van der Waals surface area contributed by atoms with Gasteiger partial charge in [-0.25, -0.2) is 4.79 Å². The van der Waals surface area contributed by atoms with Gasteiger partial charge in [-0.1, -0.05) is 19.9 Å². The molecule has 0 fully saturated rings. The maximum Gasteiger partial charge on any atom is 0.407 e. The van der Waals surface area contributed by atoms with Crippen molar-refractivity contribution in [1.82, 2.24) is 30.5 Å². The summed E-state index contributed by atoms with van der Waals surface area (Å²) < 4.78 is 6.90. The van der Waals surface area contributed by atoms with Crippen LogP contribution >= 0.6 is 24.0 Å². The summed E-state index contributed by atoms with van der Waals surface area (Å²) in [5.74, 6) is 1.86. The highest BCUT2D eigenvalue weighted by Crippen LogP contribution is 2.05. The first-order valence-corrected chi connectivity index (χ1v) is 9.19. The lowest BCUT2D eigenvalue weighted by atomic mass is 10.0. The predicted octanol–water partition coefficient (Wildman–Crippen LogP) is 2.17. The smallest absolute Gasteiger partial charge is 0.407 e. The number of guanidine groups is 1. The average molecular weight is 503 g/mol. The van der Waals surface area contributed by atoms with Gasteiger partial charge in [-0.05, 0) is 31.4 Å². The van der Waals surface area contributed by atoms with E-state index in [9.17, 15) is 4.79 Å². The summed E-state index contributed by atoms with van der Waals surface area (Å²) in [4.78, 5) is 16.0. The fourth-order valence-electron chi connectivity index (χ4n) is 2.72. The average Bonchev–Trinajstić information content (AvgIpc) is 3.04. The third-order valence-corrected chi connectivity index (χ3v) is 3.89. The molecule has 2 heterocycles. The van der Waals surface area contributed by atoms with E-state index in [0.29, 0.717) is 31.6 Å². The third-order valence-electron chi connectivity index (χ3n) is 3.89. The van der Waals surface area contributed by atoms with Crippen molar-refractivity contribution in [1.29, 1.82) is 0 Å². The topological polar surface area (TPSA) is 105 Å². The SMILES string of the molecule is CCOC(=O)NC(CNC(=NC)NCc1nnc2ccccn12)CC(C)C.I. The molecule has 10 heteroatoms. The van der Waals surface area contributed by atoms with Crippen molar-refractivity contribution in [3.8, 4) is 0 Å². The van der Waals surface area contributed by atoms with E-state index in [0.717, 1.165) is 17.9 Å². The van der Waals surface area contributed by atoms with Gasteiger partial charge in [0.15, 0.2) is 17.4 Å². The Hall–Kier alpha value is -2.11. The first-order valence-electron chi connectivity index (χ1n) is 9.19. The first kappa shape index (κ1) is 23.9. The molecule has 0 spiro atoms. The van der Waals surface area contributed by atoms with Crippen molar-refractivity contribution in [3.05, 3.63) is 30.2 Å². The minimum atomic E-state index is -0.400. The summed E-state index contributed by atoms with van der Waals surface area (Å²) in [6.45, 7) is 7.38. The van der Waals surface area contributed by atoms with E-state index in [2.05, 4.69) is 45.0 Å². The molecule has 2 aromatic heterocycles. The molecule has 9 nitrogen and oxygen atoms in total. The van der Waals surface area contributed by atoms with Crippen LogP contribution in [0.5, 0.6) is 0 Å². The van der Waals surface area contributed by atoms with Crippen LogP contribution in [0.15, 0.2) is 29.4 Å². The van der Waals surface area contributed by atoms with Crippen LogP contribution in [0, 0.1) is 5.92 Å². The Morgan fingerprint density at radius 3 is 2.75 bits per heavy atom. The Kier molecular flexibility index (Phi) is 10.6. The third kappa shape index (κ3) is 7.49. The molecule has 0 aliphatic carbocycles. The van der Waals surface area contributed by atoms with Crippen LogP contribution in [0.3, 0.4) is 0 Å². The van der Waals surface area contributed by atoms with Gasteiger partial charge in [-0.3, -0.25) is 9.39 Å². The molecule has 28 heavy (non-hydrogen) atoms. The first-order chi connectivity index (χ1) is 13.0. The van der Waals surface area contributed by atoms with Crippen LogP contribution in [-0.2, 0) is 11.3 Å². The number of hydrogen-bond acceptors (Lipinski definition) is 5. The quantitative estimate of drug-likeness (QED) is 0.290. The summed E-state index contributed by atoms with van der Waals surface area (Å²) in [5, 5.41) is 17.7. The summed E-state index contributed by atoms with van der Waals surface area (Å²) in [7, 11) is 1.70. The molecule has 3 N–H and O–H groups in total. The molecule has 1 unspecified atom stereocenters. The summed E-state index contributed by atoms with van der Waals surface area (Å²) in [6, 6.07) is 5.70. The zero-order valence-electron chi connectivity index (χ0n) is 16.8. The maximum absolute atomic E-state index is 11.7. The van der Waals surface area contributed by atoms with Crippen LogP contribution in [0.25, 0.3) is 5.65 Å². The Labute approximate surface area is 182 Å². The maximum atomic E-state index is 11.7. The highest BCUT2D eigenvalue weighted by Gasteiger charge is 2.15. The fraction of sp³-hybridized carbons (Fsp3) is 0.556. The molecule has 0 saturated heterocycles. The normalized spacial score (nSPS) is 12.4. The second kappa shape index (κ2) is 12.4. The van der Waals surface area contributed by atoms with Crippen molar-refractivity contribution < 1.29 is 9.53 Å². The number of alkyl carbamates (subject to hydrolysis) is 1. The number of hydrogen-bond donors (Lipinski definition) is 3. The highest BCUT2D eigenvalue weighted by atomic mass is 127. The van der Waals surface area contributed by atoms with Gasteiger partial charge in [0, 0.05) is 25.8 Å². The monoisotopic (exact) mass is 503 g/mol. The number of ether oxygens (including phenoxy) is 1. The lowest BCUT2D eigenvalue weighted by molar-refractivity contribution is 0.146. The van der Waals surface area contributed by atoms with Crippen LogP contribution in [-0.4, -0.2) is 52.9 Å². The van der Waals surface area contributed by atoms with E-state index in [1.165, 1.54) is 0 Å². The van der Waals surface area contributed by atoms with Crippen molar-refractivity contribution in [3.63, 3.8) is 0 Å². The molecule has 0 aliphatic heterocycles. The van der Waals surface area contributed by atoms with E-state index in [1.54, 1.807) is 14.0 Å². The minimum Gasteiger partial charge on any atom is -0.450 e. The zero-order chi connectivity index (χ0) is 19.6. The molecule has 2 rings (SSSR count). The summed E-state index contributed by atoms with van der Waals surface area (Å²) in [6.07, 6.45) is 2.35. The van der Waals surface area contributed by atoms with Crippen LogP contribution in [0.1, 0.15) is 33.0 Å². The lowest BCUT2D eigenvalue weighted by Gasteiger charge is -2.22. The number of aliphatic imine (C=N–C) groups is 1. The Morgan fingerprint density at radius 1 is 1.29 bits per heavy atom. The molecule has 1 atom stereocenters. The number of pyridine rings is 1. The number of rotatable bonds is 8. The number of fused-ring (bicyclic) bond motifs is 1. The largest absolute Gasteiger partial charge is 0.450 e. The van der Waals surface area contributed by atoms with E-state index in [-0.39, 0.29) is 30.0 Å². The van der Waals surface area contributed by atoms with Crippen LogP contribution in [0.2, 0.25) is 0 Å². The number of halogens is 1. The van der Waals surface area contributed by atoms with E-state index in [4.69, 9.17) is 4.74 Å². The second-order valence-electron chi connectivity index (χ2n) is 6.54. The van der Waals surface area contributed by atoms with Gasteiger partial charge in [0.05, 0.1) is 13.2 Å². The number of amides is 1. The molecule has 0 bridgehead atoms.